The molecule has 0 aliphatic heterocycles. The first-order chi connectivity index (χ1) is 12.1. The number of rotatable bonds is 6. The van der Waals surface area contributed by atoms with E-state index in [1.807, 2.05) is 38.1 Å². The molecular formula is C18H19N3O3S. The number of benzene rings is 1. The molecule has 0 saturated heterocycles. The maximum Gasteiger partial charge on any atom is 0.373 e. The lowest BCUT2D eigenvalue weighted by atomic mass is 10.2. The molecule has 130 valence electrons. The molecule has 1 unspecified atom stereocenters. The molecule has 2 aromatic heterocycles. The molecule has 7 heteroatoms. The van der Waals surface area contributed by atoms with E-state index in [2.05, 4.69) is 20.0 Å². The van der Waals surface area contributed by atoms with Gasteiger partial charge >= 0.3 is 5.97 Å². The normalized spacial score (nSPS) is 12.1. The largest absolute Gasteiger partial charge is 0.463 e. The van der Waals surface area contributed by atoms with Crippen LogP contribution in [0.5, 0.6) is 0 Å². The number of furan rings is 1. The van der Waals surface area contributed by atoms with Gasteiger partial charge in [-0.15, -0.1) is 0 Å². The summed E-state index contributed by atoms with van der Waals surface area (Å²) in [6.45, 7) is 4.79. The number of para-hydroxylation sites is 1. The van der Waals surface area contributed by atoms with Crippen molar-refractivity contribution in [2.45, 2.75) is 24.3 Å². The molecule has 1 aromatic carbocycles. The van der Waals surface area contributed by atoms with E-state index in [9.17, 15) is 4.79 Å². The van der Waals surface area contributed by atoms with Gasteiger partial charge in [0, 0.05) is 11.9 Å². The van der Waals surface area contributed by atoms with E-state index in [1.54, 1.807) is 12.1 Å². The molecule has 1 N–H and O–H groups in total. The lowest BCUT2D eigenvalue weighted by Gasteiger charge is -2.11. The van der Waals surface area contributed by atoms with Gasteiger partial charge in [-0.1, -0.05) is 23.9 Å². The summed E-state index contributed by atoms with van der Waals surface area (Å²) in [7, 11) is 1.33. The summed E-state index contributed by atoms with van der Waals surface area (Å²) in [4.78, 5) is 20.8. The van der Waals surface area contributed by atoms with Crippen LogP contribution in [0, 0.1) is 0 Å². The van der Waals surface area contributed by atoms with Crippen LogP contribution in [0.2, 0.25) is 0 Å². The third kappa shape index (κ3) is 3.76. The van der Waals surface area contributed by atoms with Crippen molar-refractivity contribution in [3.8, 4) is 0 Å². The minimum Gasteiger partial charge on any atom is -0.463 e. The summed E-state index contributed by atoms with van der Waals surface area (Å²) in [5.41, 5.74) is 0.887. The van der Waals surface area contributed by atoms with E-state index in [0.29, 0.717) is 10.9 Å². The molecule has 0 aliphatic rings. The number of fused-ring (bicyclic) bond motifs is 1. The minimum atomic E-state index is -0.486. The first-order valence-electron chi connectivity index (χ1n) is 7.97. The Bertz CT molecular complexity index is 894. The SMILES string of the molecule is CCNc1nc(SC(C)c2ccc(C(=O)OC)o2)nc2ccccc12. The van der Waals surface area contributed by atoms with Crippen LogP contribution >= 0.6 is 11.8 Å². The molecule has 0 bridgehead atoms. The molecule has 0 amide bonds. The number of ether oxygens (including phenoxy) is 1. The average molecular weight is 357 g/mol. The van der Waals surface area contributed by atoms with Crippen LogP contribution in [-0.2, 0) is 4.74 Å². The molecule has 25 heavy (non-hydrogen) atoms. The van der Waals surface area contributed by atoms with Crippen molar-refractivity contribution >= 4 is 34.5 Å². The van der Waals surface area contributed by atoms with Gasteiger partial charge in [0.25, 0.3) is 0 Å². The molecule has 2 heterocycles. The number of anilines is 1. The number of methoxy groups -OCH3 is 1. The predicted molar refractivity (Wildman–Crippen MR) is 98.0 cm³/mol. The maximum atomic E-state index is 11.5. The lowest BCUT2D eigenvalue weighted by Crippen LogP contribution is -2.03. The fraction of sp³-hybridized carbons (Fsp3) is 0.278. The Balaban J connectivity index is 1.86. The highest BCUT2D eigenvalue weighted by atomic mass is 32.2. The van der Waals surface area contributed by atoms with Gasteiger partial charge in [0.2, 0.25) is 5.76 Å². The van der Waals surface area contributed by atoms with Crippen molar-refractivity contribution in [1.29, 1.82) is 0 Å². The average Bonchev–Trinajstić information content (AvgIpc) is 3.11. The van der Waals surface area contributed by atoms with Gasteiger partial charge in [-0.25, -0.2) is 14.8 Å². The van der Waals surface area contributed by atoms with Gasteiger partial charge in [0.05, 0.1) is 17.9 Å². The molecule has 0 spiro atoms. The highest BCUT2D eigenvalue weighted by Gasteiger charge is 2.18. The molecular weight excluding hydrogens is 338 g/mol. The topological polar surface area (TPSA) is 77.2 Å². The Morgan fingerprint density at radius 2 is 2.08 bits per heavy atom. The predicted octanol–water partition coefficient (Wildman–Crippen LogP) is 4.29. The zero-order valence-corrected chi connectivity index (χ0v) is 15.1. The van der Waals surface area contributed by atoms with Crippen LogP contribution in [0.25, 0.3) is 10.9 Å². The third-order valence-electron chi connectivity index (χ3n) is 3.62. The van der Waals surface area contributed by atoms with E-state index in [1.165, 1.54) is 18.9 Å². The van der Waals surface area contributed by atoms with Crippen LogP contribution in [-0.4, -0.2) is 29.6 Å². The second-order valence-corrected chi connectivity index (χ2v) is 6.66. The fourth-order valence-corrected chi connectivity index (χ4v) is 3.26. The van der Waals surface area contributed by atoms with Crippen molar-refractivity contribution in [3.05, 3.63) is 47.9 Å². The van der Waals surface area contributed by atoms with Crippen molar-refractivity contribution in [3.63, 3.8) is 0 Å². The van der Waals surface area contributed by atoms with Crippen LogP contribution in [0.3, 0.4) is 0 Å². The maximum absolute atomic E-state index is 11.5. The Hall–Kier alpha value is -2.54. The standard InChI is InChI=1S/C18H19N3O3S/c1-4-19-16-12-7-5-6-8-13(12)20-18(21-16)25-11(2)14-9-10-15(24-14)17(22)23-3/h5-11H,4H2,1-3H3,(H,19,20,21). The minimum absolute atomic E-state index is 0.0472. The van der Waals surface area contributed by atoms with Crippen LogP contribution < -0.4 is 5.32 Å². The molecule has 3 aromatic rings. The van der Waals surface area contributed by atoms with Gasteiger partial charge < -0.3 is 14.5 Å². The summed E-state index contributed by atoms with van der Waals surface area (Å²) >= 11 is 1.48. The van der Waals surface area contributed by atoms with E-state index < -0.39 is 5.97 Å². The van der Waals surface area contributed by atoms with E-state index in [0.717, 1.165) is 23.3 Å². The van der Waals surface area contributed by atoms with Crippen LogP contribution in [0.15, 0.2) is 46.0 Å². The van der Waals surface area contributed by atoms with E-state index >= 15 is 0 Å². The van der Waals surface area contributed by atoms with Crippen molar-refractivity contribution in [2.75, 3.05) is 19.0 Å². The zero-order chi connectivity index (χ0) is 17.8. The Morgan fingerprint density at radius 3 is 2.84 bits per heavy atom. The Labute approximate surface area is 150 Å². The lowest BCUT2D eigenvalue weighted by molar-refractivity contribution is 0.0563. The number of hydrogen-bond donors (Lipinski definition) is 1. The number of aromatic nitrogens is 2. The number of hydrogen-bond acceptors (Lipinski definition) is 7. The van der Waals surface area contributed by atoms with E-state index in [-0.39, 0.29) is 11.0 Å². The van der Waals surface area contributed by atoms with Crippen molar-refractivity contribution in [1.82, 2.24) is 9.97 Å². The molecule has 0 aliphatic carbocycles. The van der Waals surface area contributed by atoms with Gasteiger partial charge in [0.1, 0.15) is 11.6 Å². The molecule has 3 rings (SSSR count). The van der Waals surface area contributed by atoms with Gasteiger partial charge in [-0.3, -0.25) is 0 Å². The molecule has 0 saturated carbocycles. The fourth-order valence-electron chi connectivity index (χ4n) is 2.41. The Morgan fingerprint density at radius 1 is 1.28 bits per heavy atom. The number of nitrogens with zero attached hydrogens (tertiary/aromatic N) is 2. The van der Waals surface area contributed by atoms with Gasteiger partial charge in [-0.05, 0) is 38.1 Å². The number of carbonyl (C=O) groups is 1. The smallest absolute Gasteiger partial charge is 0.373 e. The summed E-state index contributed by atoms with van der Waals surface area (Å²) in [6.07, 6.45) is 0. The highest BCUT2D eigenvalue weighted by molar-refractivity contribution is 7.99. The second-order valence-electron chi connectivity index (χ2n) is 5.36. The molecule has 1 atom stereocenters. The second kappa shape index (κ2) is 7.57. The molecule has 0 radical (unpaired) electrons. The number of thioether (sulfide) groups is 1. The van der Waals surface area contributed by atoms with Crippen LogP contribution in [0.1, 0.15) is 35.4 Å². The summed E-state index contributed by atoms with van der Waals surface area (Å²) in [5.74, 6) is 1.20. The monoisotopic (exact) mass is 357 g/mol. The van der Waals surface area contributed by atoms with Crippen LogP contribution in [0.4, 0.5) is 5.82 Å². The first-order valence-corrected chi connectivity index (χ1v) is 8.85. The quantitative estimate of drug-likeness (QED) is 0.400. The van der Waals surface area contributed by atoms with Gasteiger partial charge in [0.15, 0.2) is 5.16 Å². The third-order valence-corrected chi connectivity index (χ3v) is 4.60. The first kappa shape index (κ1) is 17.3. The van der Waals surface area contributed by atoms with E-state index in [4.69, 9.17) is 4.42 Å². The van der Waals surface area contributed by atoms with Crippen molar-refractivity contribution in [2.24, 2.45) is 0 Å². The summed E-state index contributed by atoms with van der Waals surface area (Å²) < 4.78 is 10.2. The van der Waals surface area contributed by atoms with Gasteiger partial charge in [-0.2, -0.15) is 0 Å². The molecule has 0 fully saturated rings. The number of esters is 1. The Kier molecular flexibility index (Phi) is 5.23. The summed E-state index contributed by atoms with van der Waals surface area (Å²) in [6, 6.07) is 11.3. The number of carbonyl (C=O) groups excluding carboxylic acids is 1. The highest BCUT2D eigenvalue weighted by Crippen LogP contribution is 2.35. The van der Waals surface area contributed by atoms with Crippen molar-refractivity contribution < 1.29 is 13.9 Å². The zero-order valence-electron chi connectivity index (χ0n) is 14.3. The molecule has 6 nitrogen and oxygen atoms in total. The summed E-state index contributed by atoms with van der Waals surface area (Å²) in [5, 5.41) is 4.88. The number of nitrogens with one attached hydrogen (secondary N) is 1.